The predicted molar refractivity (Wildman–Crippen MR) is 90.8 cm³/mol. The number of hydrogen-bond acceptors (Lipinski definition) is 7. The van der Waals surface area contributed by atoms with Crippen LogP contribution in [-0.2, 0) is 4.74 Å². The fourth-order valence-corrected chi connectivity index (χ4v) is 2.31. The molecular formula is C16H19ClN3O3S-. The molecule has 0 bridgehead atoms. The Bertz CT molecular complexity index is 713. The van der Waals surface area contributed by atoms with Crippen molar-refractivity contribution < 1.29 is 26.7 Å². The standard InChI is InChI=1S/C16H19N3O3S.ClH/c1-5-22-15(20)11-9-17-16(23-4)19-14(11)18-12-8-10(2)6-7-13(12)21-3;/h6-9H,5H2,1-4H3,(H,17,18,19);1H/p-1. The number of esters is 1. The summed E-state index contributed by atoms with van der Waals surface area (Å²) in [5.41, 5.74) is 2.07. The van der Waals surface area contributed by atoms with Crippen LogP contribution in [0, 0.1) is 6.92 Å². The molecule has 1 N–H and O–H groups in total. The summed E-state index contributed by atoms with van der Waals surface area (Å²) in [7, 11) is 1.59. The lowest BCUT2D eigenvalue weighted by Gasteiger charge is -2.14. The van der Waals surface area contributed by atoms with Crippen LogP contribution in [0.4, 0.5) is 11.5 Å². The maximum absolute atomic E-state index is 12.1. The molecule has 24 heavy (non-hydrogen) atoms. The van der Waals surface area contributed by atoms with E-state index in [1.54, 1.807) is 14.0 Å². The van der Waals surface area contributed by atoms with Gasteiger partial charge in [-0.1, -0.05) is 17.8 Å². The largest absolute Gasteiger partial charge is 1.00 e. The summed E-state index contributed by atoms with van der Waals surface area (Å²) in [5.74, 6) is 0.593. The molecule has 0 aliphatic carbocycles. The number of anilines is 2. The number of benzene rings is 1. The highest BCUT2D eigenvalue weighted by atomic mass is 35.5. The van der Waals surface area contributed by atoms with Gasteiger partial charge in [-0.05, 0) is 37.8 Å². The lowest BCUT2D eigenvalue weighted by Crippen LogP contribution is -3.00. The summed E-state index contributed by atoms with van der Waals surface area (Å²) in [6.45, 7) is 4.02. The summed E-state index contributed by atoms with van der Waals surface area (Å²) in [4.78, 5) is 20.6. The summed E-state index contributed by atoms with van der Waals surface area (Å²) in [6, 6.07) is 5.73. The van der Waals surface area contributed by atoms with Crippen LogP contribution in [0.15, 0.2) is 29.6 Å². The van der Waals surface area contributed by atoms with E-state index in [-0.39, 0.29) is 24.6 Å². The lowest BCUT2D eigenvalue weighted by atomic mass is 10.2. The number of thioether (sulfide) groups is 1. The van der Waals surface area contributed by atoms with Gasteiger partial charge in [0, 0.05) is 6.20 Å². The maximum atomic E-state index is 12.1. The van der Waals surface area contributed by atoms with Gasteiger partial charge in [0.2, 0.25) is 0 Å². The minimum Gasteiger partial charge on any atom is -1.00 e. The zero-order valence-corrected chi connectivity index (χ0v) is 15.5. The molecule has 0 unspecified atom stereocenters. The Kier molecular flexibility index (Phi) is 7.81. The molecule has 0 saturated carbocycles. The van der Waals surface area contributed by atoms with E-state index < -0.39 is 5.97 Å². The first-order chi connectivity index (χ1) is 11.1. The monoisotopic (exact) mass is 368 g/mol. The van der Waals surface area contributed by atoms with Crippen LogP contribution in [0.1, 0.15) is 22.8 Å². The van der Waals surface area contributed by atoms with E-state index in [1.165, 1.54) is 18.0 Å². The molecule has 0 fully saturated rings. The van der Waals surface area contributed by atoms with Crippen molar-refractivity contribution in [1.29, 1.82) is 0 Å². The quantitative estimate of drug-likeness (QED) is 0.450. The molecule has 1 aromatic carbocycles. The lowest BCUT2D eigenvalue weighted by molar-refractivity contribution is -0.0000235. The number of nitrogens with zero attached hydrogens (tertiary/aromatic N) is 2. The molecule has 130 valence electrons. The smallest absolute Gasteiger partial charge is 0.343 e. The van der Waals surface area contributed by atoms with E-state index in [0.717, 1.165) is 11.3 Å². The Morgan fingerprint density at radius 2 is 2.12 bits per heavy atom. The molecule has 0 saturated heterocycles. The number of aromatic nitrogens is 2. The predicted octanol–water partition coefficient (Wildman–Crippen LogP) is 0.440. The topological polar surface area (TPSA) is 73.3 Å². The van der Waals surface area contributed by atoms with Gasteiger partial charge in [-0.3, -0.25) is 0 Å². The fourth-order valence-electron chi connectivity index (χ4n) is 1.96. The van der Waals surface area contributed by atoms with Crippen molar-refractivity contribution in [3.63, 3.8) is 0 Å². The van der Waals surface area contributed by atoms with E-state index in [9.17, 15) is 4.79 Å². The number of ether oxygens (including phenoxy) is 2. The van der Waals surface area contributed by atoms with Gasteiger partial charge in [-0.15, -0.1) is 0 Å². The van der Waals surface area contributed by atoms with E-state index in [0.29, 0.717) is 16.7 Å². The number of rotatable bonds is 6. The second kappa shape index (κ2) is 9.34. The van der Waals surface area contributed by atoms with Gasteiger partial charge in [-0.2, -0.15) is 0 Å². The maximum Gasteiger partial charge on any atom is 0.343 e. The highest BCUT2D eigenvalue weighted by Gasteiger charge is 2.17. The first kappa shape index (κ1) is 20.1. The zero-order valence-electron chi connectivity index (χ0n) is 13.9. The molecule has 0 radical (unpaired) electrons. The summed E-state index contributed by atoms with van der Waals surface area (Å²) in [5, 5.41) is 3.72. The van der Waals surface area contributed by atoms with Gasteiger partial charge in [0.05, 0.1) is 19.4 Å². The van der Waals surface area contributed by atoms with Crippen LogP contribution in [0.5, 0.6) is 5.75 Å². The van der Waals surface area contributed by atoms with Crippen molar-refractivity contribution in [2.45, 2.75) is 19.0 Å². The molecule has 1 aromatic heterocycles. The zero-order chi connectivity index (χ0) is 16.8. The number of methoxy groups -OCH3 is 1. The fraction of sp³-hybridized carbons (Fsp3) is 0.312. The second-order valence-electron chi connectivity index (χ2n) is 4.67. The van der Waals surface area contributed by atoms with Gasteiger partial charge < -0.3 is 27.2 Å². The Morgan fingerprint density at radius 1 is 1.38 bits per heavy atom. The van der Waals surface area contributed by atoms with Crippen molar-refractivity contribution >= 4 is 29.2 Å². The third-order valence-electron chi connectivity index (χ3n) is 3.05. The molecule has 1 heterocycles. The average Bonchev–Trinajstić information content (AvgIpc) is 2.55. The van der Waals surface area contributed by atoms with Crippen molar-refractivity contribution in [2.24, 2.45) is 0 Å². The van der Waals surface area contributed by atoms with Crippen molar-refractivity contribution in [3.8, 4) is 5.75 Å². The first-order valence-electron chi connectivity index (χ1n) is 7.08. The Labute approximate surface area is 151 Å². The van der Waals surface area contributed by atoms with Crippen LogP contribution in [0.3, 0.4) is 0 Å². The molecule has 0 atom stereocenters. The van der Waals surface area contributed by atoms with Gasteiger partial charge in [0.1, 0.15) is 17.1 Å². The normalized spacial score (nSPS) is 9.83. The third-order valence-corrected chi connectivity index (χ3v) is 3.61. The molecule has 2 aromatic rings. The number of carbonyl (C=O) groups is 1. The third kappa shape index (κ3) is 4.75. The average molecular weight is 369 g/mol. The summed E-state index contributed by atoms with van der Waals surface area (Å²) < 4.78 is 10.4. The molecule has 0 spiro atoms. The van der Waals surface area contributed by atoms with E-state index in [2.05, 4.69) is 15.3 Å². The number of halogens is 1. The minimum atomic E-state index is -0.464. The highest BCUT2D eigenvalue weighted by Crippen LogP contribution is 2.30. The van der Waals surface area contributed by atoms with E-state index in [1.807, 2.05) is 31.4 Å². The molecular weight excluding hydrogens is 350 g/mol. The Balaban J connectivity index is 0.00000288. The van der Waals surface area contributed by atoms with Crippen LogP contribution in [0.2, 0.25) is 0 Å². The van der Waals surface area contributed by atoms with Crippen LogP contribution < -0.4 is 22.5 Å². The van der Waals surface area contributed by atoms with Gasteiger partial charge in [0.25, 0.3) is 0 Å². The van der Waals surface area contributed by atoms with E-state index >= 15 is 0 Å². The summed E-state index contributed by atoms with van der Waals surface area (Å²) in [6.07, 6.45) is 3.35. The minimum absolute atomic E-state index is 0. The molecule has 6 nitrogen and oxygen atoms in total. The number of aryl methyl sites for hydroxylation is 1. The van der Waals surface area contributed by atoms with Crippen LogP contribution >= 0.6 is 11.8 Å². The van der Waals surface area contributed by atoms with Crippen molar-refractivity contribution in [3.05, 3.63) is 35.5 Å². The molecule has 2 rings (SSSR count). The molecule has 8 heteroatoms. The molecule has 0 aliphatic heterocycles. The first-order valence-corrected chi connectivity index (χ1v) is 8.31. The van der Waals surface area contributed by atoms with Gasteiger partial charge in [0.15, 0.2) is 5.16 Å². The van der Waals surface area contributed by atoms with Crippen molar-refractivity contribution in [1.82, 2.24) is 9.97 Å². The van der Waals surface area contributed by atoms with Crippen molar-refractivity contribution in [2.75, 3.05) is 25.3 Å². The SMILES string of the molecule is CCOC(=O)c1cnc(SC)nc1Nc1cc(C)ccc1OC.[Cl-]. The summed E-state index contributed by atoms with van der Waals surface area (Å²) >= 11 is 1.39. The second-order valence-corrected chi connectivity index (χ2v) is 5.44. The number of nitrogens with one attached hydrogen (secondary N) is 1. The Hall–Kier alpha value is -1.99. The van der Waals surface area contributed by atoms with E-state index in [4.69, 9.17) is 9.47 Å². The number of carbonyl (C=O) groups excluding carboxylic acids is 1. The molecule has 0 aliphatic rings. The van der Waals surface area contributed by atoms with Crippen LogP contribution in [0.25, 0.3) is 0 Å². The van der Waals surface area contributed by atoms with Gasteiger partial charge >= 0.3 is 5.97 Å². The molecule has 0 amide bonds. The highest BCUT2D eigenvalue weighted by molar-refractivity contribution is 7.98. The van der Waals surface area contributed by atoms with Crippen LogP contribution in [-0.4, -0.2) is 35.9 Å². The van der Waals surface area contributed by atoms with Gasteiger partial charge in [-0.25, -0.2) is 14.8 Å². The Morgan fingerprint density at radius 3 is 2.75 bits per heavy atom. The number of hydrogen-bond donors (Lipinski definition) is 1.